The van der Waals surface area contributed by atoms with Gasteiger partial charge in [-0.1, -0.05) is 21.1 Å². The second-order valence-electron chi connectivity index (χ2n) is 5.38. The molecular formula is C15H13BrN4O2. The molecule has 1 amide bonds. The summed E-state index contributed by atoms with van der Waals surface area (Å²) in [6.45, 7) is 1.16. The zero-order valence-electron chi connectivity index (χ0n) is 11.9. The highest BCUT2D eigenvalue weighted by Gasteiger charge is 2.27. The first-order valence-electron chi connectivity index (χ1n) is 6.97. The van der Waals surface area contributed by atoms with Gasteiger partial charge in [0.05, 0.1) is 18.3 Å². The highest BCUT2D eigenvalue weighted by molar-refractivity contribution is 9.10. The molecule has 1 aliphatic rings. The minimum absolute atomic E-state index is 0.0147. The highest BCUT2D eigenvalue weighted by Crippen LogP contribution is 2.25. The average Bonchev–Trinajstić information content (AvgIpc) is 3.08. The molecule has 0 N–H and O–H groups in total. The number of rotatable bonds is 1. The summed E-state index contributed by atoms with van der Waals surface area (Å²) in [5.74, 6) is 0.863. The molecule has 0 atom stereocenters. The number of hydrogen-bond donors (Lipinski definition) is 0. The maximum Gasteiger partial charge on any atom is 0.273 e. The fourth-order valence-electron chi connectivity index (χ4n) is 2.89. The van der Waals surface area contributed by atoms with Crippen molar-refractivity contribution >= 4 is 32.7 Å². The fraction of sp³-hybridized carbons (Fsp3) is 0.267. The summed E-state index contributed by atoms with van der Waals surface area (Å²) in [5.41, 5.74) is 2.40. The lowest BCUT2D eigenvalue weighted by atomic mass is 10.1. The summed E-state index contributed by atoms with van der Waals surface area (Å²) >= 11 is 3.43. The Bertz CT molecular complexity index is 883. The number of amides is 1. The number of hydrogen-bond acceptors (Lipinski definition) is 4. The van der Waals surface area contributed by atoms with Crippen molar-refractivity contribution in [2.75, 3.05) is 6.54 Å². The normalized spacial score (nSPS) is 14.4. The number of fused-ring (bicyclic) bond motifs is 2. The Kier molecular flexibility index (Phi) is 3.04. The van der Waals surface area contributed by atoms with E-state index in [0.717, 1.165) is 26.7 Å². The Morgan fingerprint density at radius 3 is 3.14 bits per heavy atom. The molecule has 1 aromatic carbocycles. The van der Waals surface area contributed by atoms with Crippen molar-refractivity contribution in [3.05, 3.63) is 45.9 Å². The monoisotopic (exact) mass is 360 g/mol. The maximum atomic E-state index is 12.9. The first-order valence-corrected chi connectivity index (χ1v) is 7.77. The van der Waals surface area contributed by atoms with Gasteiger partial charge in [0.15, 0.2) is 0 Å². The van der Waals surface area contributed by atoms with Crippen LogP contribution in [-0.2, 0) is 20.0 Å². The van der Waals surface area contributed by atoms with Crippen LogP contribution in [0.4, 0.5) is 0 Å². The van der Waals surface area contributed by atoms with Crippen molar-refractivity contribution in [2.24, 2.45) is 7.05 Å². The molecule has 3 heterocycles. The number of benzene rings is 1. The molecule has 0 saturated carbocycles. The number of nitrogens with zero attached hydrogens (tertiary/aromatic N) is 4. The van der Waals surface area contributed by atoms with Gasteiger partial charge in [-0.3, -0.25) is 9.48 Å². The van der Waals surface area contributed by atoms with E-state index >= 15 is 0 Å². The molecule has 0 saturated heterocycles. The van der Waals surface area contributed by atoms with Crippen molar-refractivity contribution in [1.29, 1.82) is 0 Å². The van der Waals surface area contributed by atoms with Gasteiger partial charge in [0, 0.05) is 35.4 Å². The summed E-state index contributed by atoms with van der Waals surface area (Å²) in [7, 11) is 1.80. The summed E-state index contributed by atoms with van der Waals surface area (Å²) in [6, 6.07) is 5.77. The van der Waals surface area contributed by atoms with Crippen LogP contribution < -0.4 is 0 Å². The summed E-state index contributed by atoms with van der Waals surface area (Å²) < 4.78 is 7.77. The van der Waals surface area contributed by atoms with Crippen LogP contribution in [0.1, 0.15) is 21.8 Å². The SMILES string of the molecule is Cn1nc2cc(Br)ccc2c1C(=O)N1CCc2oncc2C1. The molecule has 22 heavy (non-hydrogen) atoms. The van der Waals surface area contributed by atoms with Crippen LogP contribution in [0.2, 0.25) is 0 Å². The van der Waals surface area contributed by atoms with Crippen LogP contribution in [0.3, 0.4) is 0 Å². The largest absolute Gasteiger partial charge is 0.361 e. The molecule has 0 radical (unpaired) electrons. The molecule has 3 aromatic rings. The first kappa shape index (κ1) is 13.5. The Hall–Kier alpha value is -2.15. The van der Waals surface area contributed by atoms with Crippen molar-refractivity contribution in [2.45, 2.75) is 13.0 Å². The lowest BCUT2D eigenvalue weighted by Gasteiger charge is -2.25. The van der Waals surface area contributed by atoms with E-state index in [0.29, 0.717) is 25.2 Å². The molecule has 4 rings (SSSR count). The Morgan fingerprint density at radius 1 is 1.41 bits per heavy atom. The third kappa shape index (κ3) is 2.04. The minimum atomic E-state index is -0.0147. The Balaban J connectivity index is 1.73. The van der Waals surface area contributed by atoms with Gasteiger partial charge in [0.1, 0.15) is 11.5 Å². The van der Waals surface area contributed by atoms with Crippen LogP contribution in [0.25, 0.3) is 10.9 Å². The molecule has 1 aliphatic heterocycles. The molecule has 2 aromatic heterocycles. The number of carbonyl (C=O) groups excluding carboxylic acids is 1. The van der Waals surface area contributed by atoms with Crippen molar-refractivity contribution in [3.8, 4) is 0 Å². The maximum absolute atomic E-state index is 12.9. The third-order valence-corrected chi connectivity index (χ3v) is 4.48. The zero-order valence-corrected chi connectivity index (χ0v) is 13.5. The topological polar surface area (TPSA) is 64.2 Å². The quantitative estimate of drug-likeness (QED) is 0.668. The summed E-state index contributed by atoms with van der Waals surface area (Å²) in [6.07, 6.45) is 2.38. The molecule has 112 valence electrons. The molecule has 0 unspecified atom stereocenters. The number of aryl methyl sites for hydroxylation is 1. The average molecular weight is 361 g/mol. The molecule has 0 fully saturated rings. The molecule has 7 heteroatoms. The van der Waals surface area contributed by atoms with Crippen LogP contribution in [0, 0.1) is 0 Å². The molecule has 0 aliphatic carbocycles. The van der Waals surface area contributed by atoms with Crippen LogP contribution in [-0.4, -0.2) is 32.3 Å². The molecule has 0 bridgehead atoms. The van der Waals surface area contributed by atoms with Crippen molar-refractivity contribution in [1.82, 2.24) is 19.8 Å². The summed E-state index contributed by atoms with van der Waals surface area (Å²) in [5, 5.41) is 9.10. The van der Waals surface area contributed by atoms with Gasteiger partial charge >= 0.3 is 0 Å². The van der Waals surface area contributed by atoms with Crippen molar-refractivity contribution < 1.29 is 9.32 Å². The molecule has 0 spiro atoms. The van der Waals surface area contributed by atoms with Gasteiger partial charge < -0.3 is 9.42 Å². The Labute approximate surface area is 134 Å². The van der Waals surface area contributed by atoms with E-state index < -0.39 is 0 Å². The highest BCUT2D eigenvalue weighted by atomic mass is 79.9. The lowest BCUT2D eigenvalue weighted by molar-refractivity contribution is 0.0720. The smallest absolute Gasteiger partial charge is 0.273 e. The van der Waals surface area contributed by atoms with Gasteiger partial charge in [-0.2, -0.15) is 5.10 Å². The van der Waals surface area contributed by atoms with E-state index in [1.165, 1.54) is 0 Å². The van der Waals surface area contributed by atoms with Gasteiger partial charge in [-0.25, -0.2) is 0 Å². The number of halogens is 1. The van der Waals surface area contributed by atoms with E-state index in [1.54, 1.807) is 17.9 Å². The second kappa shape index (κ2) is 4.95. The molecular weight excluding hydrogens is 348 g/mol. The minimum Gasteiger partial charge on any atom is -0.361 e. The van der Waals surface area contributed by atoms with Gasteiger partial charge in [-0.15, -0.1) is 0 Å². The van der Waals surface area contributed by atoms with Crippen LogP contribution in [0.15, 0.2) is 33.4 Å². The predicted octanol–water partition coefficient (Wildman–Crippen LogP) is 2.52. The van der Waals surface area contributed by atoms with Gasteiger partial charge in [-0.05, 0) is 18.2 Å². The van der Waals surface area contributed by atoms with E-state index in [4.69, 9.17) is 4.52 Å². The van der Waals surface area contributed by atoms with E-state index in [1.807, 2.05) is 23.1 Å². The molecule has 6 nitrogen and oxygen atoms in total. The van der Waals surface area contributed by atoms with Gasteiger partial charge in [0.25, 0.3) is 5.91 Å². The lowest BCUT2D eigenvalue weighted by Crippen LogP contribution is -2.36. The number of carbonyl (C=O) groups is 1. The Morgan fingerprint density at radius 2 is 2.27 bits per heavy atom. The zero-order chi connectivity index (χ0) is 15.3. The standard InChI is InChI=1S/C15H13BrN4O2/c1-19-14(11-3-2-10(16)6-12(11)18-19)15(21)20-5-4-13-9(8-20)7-17-22-13/h2-3,6-7H,4-5,8H2,1H3. The van der Waals surface area contributed by atoms with Crippen LogP contribution in [0.5, 0.6) is 0 Å². The second-order valence-corrected chi connectivity index (χ2v) is 6.30. The van der Waals surface area contributed by atoms with E-state index in [-0.39, 0.29) is 5.91 Å². The number of aromatic nitrogens is 3. The van der Waals surface area contributed by atoms with E-state index in [9.17, 15) is 4.79 Å². The predicted molar refractivity (Wildman–Crippen MR) is 83.4 cm³/mol. The first-order chi connectivity index (χ1) is 10.6. The van der Waals surface area contributed by atoms with E-state index in [2.05, 4.69) is 26.2 Å². The van der Waals surface area contributed by atoms with Crippen molar-refractivity contribution in [3.63, 3.8) is 0 Å². The van der Waals surface area contributed by atoms with Crippen LogP contribution >= 0.6 is 15.9 Å². The fourth-order valence-corrected chi connectivity index (χ4v) is 3.24. The van der Waals surface area contributed by atoms with Gasteiger partial charge in [0.2, 0.25) is 0 Å². The summed E-state index contributed by atoms with van der Waals surface area (Å²) in [4.78, 5) is 14.7. The third-order valence-electron chi connectivity index (χ3n) is 3.99.